The molecule has 10 N–H and O–H groups in total. The molecule has 0 fully saturated rings. The second kappa shape index (κ2) is 9.71. The van der Waals surface area contributed by atoms with Crippen LogP contribution < -0.4 is 12.0 Å². The van der Waals surface area contributed by atoms with E-state index in [-0.39, 0.29) is 6.15 Å². The molecular weight excluding hydrogens is 236 g/mol. The molecule has 0 unspecified atom stereocenters. The van der Waals surface area contributed by atoms with Crippen LogP contribution in [0.1, 0.15) is 0 Å². The van der Waals surface area contributed by atoms with Gasteiger partial charge in [-0.05, 0) is 0 Å². The van der Waals surface area contributed by atoms with Crippen LogP contribution in [0, 0.1) is 0 Å². The van der Waals surface area contributed by atoms with Crippen molar-refractivity contribution < 1.29 is 40.3 Å². The van der Waals surface area contributed by atoms with Crippen molar-refractivity contribution in [1.29, 1.82) is 0 Å². The zero-order chi connectivity index (χ0) is 11.0. The summed E-state index contributed by atoms with van der Waals surface area (Å²) in [6.07, 6.45) is 0. The summed E-state index contributed by atoms with van der Waals surface area (Å²) >= 11 is 0. The lowest BCUT2D eigenvalue weighted by atomic mass is 13.6. The molecule has 0 aromatic heterocycles. The number of hydrogen-bond donors (Lipinski definition) is 7. The molecule has 0 aliphatic heterocycles. The Morgan fingerprint density at radius 1 is 0.692 bits per heavy atom. The first-order valence-corrected chi connectivity index (χ1v) is 4.45. The largest absolute Gasteiger partial charge is 0.394 e. The van der Waals surface area contributed by atoms with Gasteiger partial charge in [-0.3, -0.25) is 18.2 Å². The third kappa shape index (κ3) is 7450. The second-order valence-corrected chi connectivity index (χ2v) is 2.69. The molecule has 0 atom stereocenters. The molecule has 0 aliphatic carbocycles. The molecule has 0 bridgehead atoms. The quantitative estimate of drug-likeness (QED) is 0.186. The summed E-state index contributed by atoms with van der Waals surface area (Å²) in [6, 6.07) is 0. The highest BCUT2D eigenvalue weighted by molar-refractivity contribution is 7.80. The monoisotopic (exact) mass is 246 g/mol. The van der Waals surface area contributed by atoms with Crippen LogP contribution in [-0.4, -0.2) is 40.3 Å². The third-order valence-corrected chi connectivity index (χ3v) is 0. The summed E-state index contributed by atoms with van der Waals surface area (Å²) in [5.41, 5.74) is 0. The summed E-state index contributed by atoms with van der Waals surface area (Å²) in [5, 5.41) is 6.50. The van der Waals surface area contributed by atoms with Crippen molar-refractivity contribution in [3.8, 4) is 0 Å². The molecule has 0 aliphatic rings. The Hall–Kier alpha value is -0.380. The lowest BCUT2D eigenvalue weighted by molar-refractivity contribution is 0.311. The Bertz CT molecular complexity index is 212. The molecule has 0 heterocycles. The summed E-state index contributed by atoms with van der Waals surface area (Å²) in [6.45, 7) is 0. The van der Waals surface area contributed by atoms with Crippen LogP contribution in [0.4, 0.5) is 0 Å². The standard InChI is InChI=1S/H3NO.H3N.2H2O4S/c1-2;;2*1-5(2,3)4/h2H,1H2;1H3;2*(H2,1,2,3,4). The summed E-state index contributed by atoms with van der Waals surface area (Å²) in [5.74, 6) is 3.50. The van der Waals surface area contributed by atoms with Gasteiger partial charge in [0.15, 0.2) is 0 Å². The Balaban J connectivity index is -0.0000000491. The van der Waals surface area contributed by atoms with E-state index in [1.165, 1.54) is 0 Å². The van der Waals surface area contributed by atoms with Gasteiger partial charge < -0.3 is 11.4 Å². The maximum Gasteiger partial charge on any atom is 0.394 e. The molecule has 13 heavy (non-hydrogen) atoms. The Morgan fingerprint density at radius 2 is 0.692 bits per heavy atom. The maximum absolute atomic E-state index is 8.74. The minimum absolute atomic E-state index is 0. The van der Waals surface area contributed by atoms with Crippen molar-refractivity contribution in [2.75, 3.05) is 0 Å². The lowest BCUT2D eigenvalue weighted by Crippen LogP contribution is -1.89. The average molecular weight is 246 g/mol. The van der Waals surface area contributed by atoms with Crippen LogP contribution in [0.2, 0.25) is 0 Å². The van der Waals surface area contributed by atoms with Crippen LogP contribution in [0.25, 0.3) is 0 Å². The number of hydrogen-bond acceptors (Lipinski definition) is 7. The van der Waals surface area contributed by atoms with Gasteiger partial charge in [0.05, 0.1) is 0 Å². The first-order valence-electron chi connectivity index (χ1n) is 1.66. The van der Waals surface area contributed by atoms with E-state index < -0.39 is 20.8 Å². The smallest absolute Gasteiger partial charge is 0.344 e. The van der Waals surface area contributed by atoms with Gasteiger partial charge in [0, 0.05) is 0 Å². The van der Waals surface area contributed by atoms with Gasteiger partial charge in [-0.25, -0.2) is 5.90 Å². The first kappa shape index (κ1) is 22.9. The zero-order valence-electron chi connectivity index (χ0n) is 5.97. The SMILES string of the molecule is N.NO.O=S(=O)(O)O.O=S(=O)(O)O. The normalized spacial score (nSPS) is 9.38. The predicted molar refractivity (Wildman–Crippen MR) is 39.4 cm³/mol. The van der Waals surface area contributed by atoms with Crippen molar-refractivity contribution in [2.45, 2.75) is 0 Å². The molecule has 0 radical (unpaired) electrons. The van der Waals surface area contributed by atoms with E-state index >= 15 is 0 Å². The zero-order valence-corrected chi connectivity index (χ0v) is 7.60. The van der Waals surface area contributed by atoms with E-state index in [2.05, 4.69) is 5.90 Å². The molecule has 11 nitrogen and oxygen atoms in total. The van der Waals surface area contributed by atoms with E-state index in [0.29, 0.717) is 0 Å². The van der Waals surface area contributed by atoms with Gasteiger partial charge in [0.1, 0.15) is 0 Å². The van der Waals surface area contributed by atoms with Crippen LogP contribution in [0.5, 0.6) is 0 Å². The molecule has 0 saturated heterocycles. The molecule has 0 spiro atoms. The molecule has 0 saturated carbocycles. The average Bonchev–Trinajstić information content (AvgIpc) is 1.59. The van der Waals surface area contributed by atoms with Crippen molar-refractivity contribution >= 4 is 20.8 Å². The lowest BCUT2D eigenvalue weighted by Gasteiger charge is -1.68. The Kier molecular flexibility index (Phi) is 17.1. The minimum atomic E-state index is -4.67. The molecule has 0 aromatic carbocycles. The first-order chi connectivity index (χ1) is 5.00. The molecule has 86 valence electrons. The molecule has 0 aromatic rings. The summed E-state index contributed by atoms with van der Waals surface area (Å²) in [7, 11) is -9.33. The van der Waals surface area contributed by atoms with Gasteiger partial charge in [-0.15, -0.1) is 0 Å². The highest BCUT2D eigenvalue weighted by atomic mass is 32.3. The highest BCUT2D eigenvalue weighted by Gasteiger charge is 1.85. The Labute approximate surface area is 73.9 Å². The topological polar surface area (TPSA) is 230 Å². The van der Waals surface area contributed by atoms with Gasteiger partial charge >= 0.3 is 20.8 Å². The minimum Gasteiger partial charge on any atom is -0.344 e. The van der Waals surface area contributed by atoms with Gasteiger partial charge in [-0.1, -0.05) is 0 Å². The summed E-state index contributed by atoms with van der Waals surface area (Å²) in [4.78, 5) is 0. The Morgan fingerprint density at radius 3 is 0.692 bits per heavy atom. The van der Waals surface area contributed by atoms with E-state index in [0.717, 1.165) is 0 Å². The van der Waals surface area contributed by atoms with Crippen LogP contribution in [0.15, 0.2) is 0 Å². The number of nitrogens with two attached hydrogens (primary N) is 1. The highest BCUT2D eigenvalue weighted by Crippen LogP contribution is 1.59. The van der Waals surface area contributed by atoms with E-state index in [1.54, 1.807) is 0 Å². The van der Waals surface area contributed by atoms with Crippen LogP contribution >= 0.6 is 0 Å². The van der Waals surface area contributed by atoms with Crippen molar-refractivity contribution in [2.24, 2.45) is 5.90 Å². The fourth-order valence-corrected chi connectivity index (χ4v) is 0. The predicted octanol–water partition coefficient (Wildman–Crippen LogP) is -1.81. The van der Waals surface area contributed by atoms with Gasteiger partial charge in [0.25, 0.3) is 0 Å². The van der Waals surface area contributed by atoms with E-state index in [4.69, 9.17) is 40.3 Å². The van der Waals surface area contributed by atoms with Crippen LogP contribution in [-0.2, 0) is 20.8 Å². The van der Waals surface area contributed by atoms with Crippen molar-refractivity contribution in [1.82, 2.24) is 6.15 Å². The van der Waals surface area contributed by atoms with Gasteiger partial charge in [-0.2, -0.15) is 16.8 Å². The van der Waals surface area contributed by atoms with Crippen molar-refractivity contribution in [3.63, 3.8) is 0 Å². The fourth-order valence-electron chi connectivity index (χ4n) is 0. The molecular formula is H10N2O9S2. The fraction of sp³-hybridized carbons (Fsp3) is 0. The summed E-state index contributed by atoms with van der Waals surface area (Å²) < 4.78 is 63.2. The number of rotatable bonds is 0. The maximum atomic E-state index is 8.74. The van der Waals surface area contributed by atoms with E-state index in [9.17, 15) is 0 Å². The molecule has 0 rings (SSSR count). The second-order valence-electron chi connectivity index (χ2n) is 0.896. The molecule has 13 heteroatoms. The van der Waals surface area contributed by atoms with Crippen molar-refractivity contribution in [3.05, 3.63) is 0 Å². The molecule has 0 amide bonds. The van der Waals surface area contributed by atoms with E-state index in [1.807, 2.05) is 0 Å². The van der Waals surface area contributed by atoms with Gasteiger partial charge in [0.2, 0.25) is 0 Å². The third-order valence-electron chi connectivity index (χ3n) is 0. The van der Waals surface area contributed by atoms with Crippen LogP contribution in [0.3, 0.4) is 0 Å².